The highest BCUT2D eigenvalue weighted by Gasteiger charge is 2.32. The molecule has 0 spiro atoms. The maximum Gasteiger partial charge on any atom is 0.410 e. The lowest BCUT2D eigenvalue weighted by atomic mass is 10.1. The average Bonchev–Trinajstić information content (AvgIpc) is 3.26. The zero-order chi connectivity index (χ0) is 46.6. The molecule has 5 rings (SSSR count). The highest BCUT2D eigenvalue weighted by atomic mass is 28.3. The summed E-state index contributed by atoms with van der Waals surface area (Å²) in [6.07, 6.45) is 0.329. The molecule has 7 N–H and O–H groups in total. The maximum absolute atomic E-state index is 15.4. The standard InChI is InChI=1S/C44H55FN8O10Si/c1-5-51-24-32(41(57)58)38(54)31-22-33(45)37(23-36(31)51)52-18-20-53(21-19-52)44(61)63-26-29-13-15-30(16-14-29)48-39(55)34(12-9-17-47-42(46)59)49-40(56)35(27-64(2,3)4)50-43(60)62-25-28-10-7-6-8-11-28/h6-8,10-11,13-16,22-24,34-35H,5,9,12,17-21,25-27H2,1-4H3,(H,48,55)(H,49,56)(H,50,60)(H,57,58)(H3,46,47,59)/t34-,35+/m0/s1. The monoisotopic (exact) mass is 902 g/mol. The van der Waals surface area contributed by atoms with Crippen molar-refractivity contribution in [3.05, 3.63) is 106 Å². The van der Waals surface area contributed by atoms with Crippen LogP contribution in [-0.4, -0.2) is 103 Å². The summed E-state index contributed by atoms with van der Waals surface area (Å²) in [7, 11) is -1.95. The minimum atomic E-state index is -1.95. The number of ether oxygens (including phenoxy) is 2. The molecule has 20 heteroatoms. The largest absolute Gasteiger partial charge is 0.477 e. The quantitative estimate of drug-likeness (QED) is 0.0584. The number of urea groups is 1. The number of primary amides is 1. The summed E-state index contributed by atoms with van der Waals surface area (Å²) in [6.45, 7) is 9.36. The average molecular weight is 903 g/mol. The molecule has 3 aromatic carbocycles. The first kappa shape index (κ1) is 48.1. The van der Waals surface area contributed by atoms with Crippen molar-refractivity contribution >= 4 is 66.4 Å². The SMILES string of the molecule is CCn1cc(C(=O)O)c(=O)c2cc(F)c(N3CCN(C(=O)OCc4ccc(NC(=O)[C@H](CCCNC(N)=O)NC(=O)[C@@H](C[Si](C)(C)C)NC(=O)OCc5ccccc5)cc4)CC3)cc21. The lowest BCUT2D eigenvalue weighted by Gasteiger charge is -2.35. The zero-order valence-corrected chi connectivity index (χ0v) is 37.3. The Morgan fingerprint density at radius 1 is 0.859 bits per heavy atom. The number of aromatic nitrogens is 1. The number of anilines is 2. The predicted octanol–water partition coefficient (Wildman–Crippen LogP) is 4.82. The Kier molecular flexibility index (Phi) is 16.5. The van der Waals surface area contributed by atoms with E-state index in [-0.39, 0.29) is 63.4 Å². The van der Waals surface area contributed by atoms with Crippen molar-refractivity contribution in [3.63, 3.8) is 0 Å². The van der Waals surface area contributed by atoms with Crippen LogP contribution in [0.2, 0.25) is 25.7 Å². The van der Waals surface area contributed by atoms with Crippen molar-refractivity contribution < 1.29 is 47.7 Å². The van der Waals surface area contributed by atoms with Gasteiger partial charge < -0.3 is 55.9 Å². The third-order valence-corrected chi connectivity index (χ3v) is 12.1. The van der Waals surface area contributed by atoms with Gasteiger partial charge in [-0.2, -0.15) is 0 Å². The number of hydrogen-bond donors (Lipinski definition) is 6. The number of piperazine rings is 1. The van der Waals surface area contributed by atoms with E-state index in [1.165, 1.54) is 17.2 Å². The number of carboxylic acid groups (broad SMARTS) is 1. The Labute approximate surface area is 370 Å². The van der Waals surface area contributed by atoms with Gasteiger partial charge in [0.2, 0.25) is 17.2 Å². The highest BCUT2D eigenvalue weighted by molar-refractivity contribution is 6.76. The first-order chi connectivity index (χ1) is 30.4. The highest BCUT2D eigenvalue weighted by Crippen LogP contribution is 2.27. The van der Waals surface area contributed by atoms with E-state index in [1.54, 1.807) is 52.8 Å². The number of aryl methyl sites for hydroxylation is 1. The van der Waals surface area contributed by atoms with Crippen molar-refractivity contribution in [1.29, 1.82) is 0 Å². The van der Waals surface area contributed by atoms with Crippen LogP contribution in [-0.2, 0) is 38.8 Å². The van der Waals surface area contributed by atoms with Crippen molar-refractivity contribution in [2.75, 3.05) is 42.9 Å². The maximum atomic E-state index is 15.4. The fourth-order valence-electron chi connectivity index (χ4n) is 7.12. The molecular weight excluding hydrogens is 848 g/mol. The van der Waals surface area contributed by atoms with Gasteiger partial charge in [0.1, 0.15) is 36.7 Å². The lowest BCUT2D eigenvalue weighted by molar-refractivity contribution is -0.127. The van der Waals surface area contributed by atoms with E-state index >= 15 is 4.39 Å². The number of fused-ring (bicyclic) bond motifs is 1. The minimum absolute atomic E-state index is 0.00935. The number of pyridine rings is 1. The molecular formula is C44H55FN8O10Si. The van der Waals surface area contributed by atoms with Gasteiger partial charge in [0.25, 0.3) is 0 Å². The van der Waals surface area contributed by atoms with Crippen LogP contribution in [0, 0.1) is 5.82 Å². The molecule has 0 aliphatic carbocycles. The molecule has 2 heterocycles. The number of nitrogens with zero attached hydrogens (tertiary/aromatic N) is 3. The molecule has 0 bridgehead atoms. The molecule has 1 fully saturated rings. The number of alkyl carbamates (subject to hydrolysis) is 1. The Morgan fingerprint density at radius 2 is 1.52 bits per heavy atom. The first-order valence-corrected chi connectivity index (χ1v) is 24.6. The van der Waals surface area contributed by atoms with Crippen LogP contribution in [0.4, 0.5) is 30.1 Å². The van der Waals surface area contributed by atoms with Gasteiger partial charge in [-0.3, -0.25) is 14.4 Å². The molecule has 4 aromatic rings. The van der Waals surface area contributed by atoms with Gasteiger partial charge in [0.05, 0.1) is 11.2 Å². The molecule has 64 heavy (non-hydrogen) atoms. The normalized spacial score (nSPS) is 13.6. The van der Waals surface area contributed by atoms with E-state index in [9.17, 15) is 38.7 Å². The second-order valence-electron chi connectivity index (χ2n) is 16.5. The van der Waals surface area contributed by atoms with E-state index in [0.717, 1.165) is 11.6 Å². The number of carbonyl (C=O) groups is 6. The van der Waals surface area contributed by atoms with E-state index in [2.05, 4.69) is 21.3 Å². The van der Waals surface area contributed by atoms with Crippen LogP contribution in [0.5, 0.6) is 0 Å². The number of nitrogens with one attached hydrogen (secondary N) is 4. The second-order valence-corrected chi connectivity index (χ2v) is 22.0. The van der Waals surface area contributed by atoms with E-state index in [0.29, 0.717) is 35.8 Å². The predicted molar refractivity (Wildman–Crippen MR) is 240 cm³/mol. The summed E-state index contributed by atoms with van der Waals surface area (Å²) in [4.78, 5) is 92.0. The van der Waals surface area contributed by atoms with Crippen molar-refractivity contribution in [2.45, 2.75) is 77.3 Å². The lowest BCUT2D eigenvalue weighted by Crippen LogP contribution is -2.54. The second kappa shape index (κ2) is 21.9. The number of halogens is 1. The summed E-state index contributed by atoms with van der Waals surface area (Å²) < 4.78 is 27.9. The van der Waals surface area contributed by atoms with Crippen LogP contribution in [0.3, 0.4) is 0 Å². The fourth-order valence-corrected chi connectivity index (χ4v) is 8.64. The van der Waals surface area contributed by atoms with Gasteiger partial charge in [-0.05, 0) is 61.2 Å². The molecule has 0 saturated carbocycles. The topological polar surface area (TPSA) is 244 Å². The Bertz CT molecular complexity index is 2390. The molecule has 6 amide bonds. The summed E-state index contributed by atoms with van der Waals surface area (Å²) in [5.41, 5.74) is 6.42. The number of hydrogen-bond acceptors (Lipinski definition) is 10. The number of amides is 6. The zero-order valence-electron chi connectivity index (χ0n) is 36.3. The molecule has 1 aromatic heterocycles. The number of carboxylic acids is 1. The minimum Gasteiger partial charge on any atom is -0.477 e. The van der Waals surface area contributed by atoms with E-state index in [1.807, 2.05) is 37.8 Å². The number of carbonyl (C=O) groups excluding carboxylic acids is 5. The summed E-state index contributed by atoms with van der Waals surface area (Å²) >= 11 is 0. The molecule has 2 atom stereocenters. The molecule has 1 aliphatic heterocycles. The molecule has 342 valence electrons. The molecule has 1 aliphatic rings. The molecule has 0 unspecified atom stereocenters. The summed E-state index contributed by atoms with van der Waals surface area (Å²) in [6, 6.07) is 15.8. The Balaban J connectivity index is 1.16. The number of rotatable bonds is 18. The number of aromatic carboxylic acids is 1. The van der Waals surface area contributed by atoms with Gasteiger partial charge in [-0.1, -0.05) is 62.1 Å². The molecule has 0 radical (unpaired) electrons. The first-order valence-electron chi connectivity index (χ1n) is 20.9. The van der Waals surface area contributed by atoms with E-state index < -0.39 is 73.0 Å². The van der Waals surface area contributed by atoms with E-state index in [4.69, 9.17) is 15.2 Å². The number of nitrogens with two attached hydrogens (primary N) is 1. The van der Waals surface area contributed by atoms with Crippen LogP contribution in [0.25, 0.3) is 10.9 Å². The number of benzene rings is 3. The molecule has 18 nitrogen and oxygen atoms in total. The van der Waals surface area contributed by atoms with Crippen LogP contribution >= 0.6 is 0 Å². The van der Waals surface area contributed by atoms with Crippen molar-refractivity contribution in [1.82, 2.24) is 25.4 Å². The van der Waals surface area contributed by atoms with Crippen molar-refractivity contribution in [3.8, 4) is 0 Å². The van der Waals surface area contributed by atoms with Gasteiger partial charge in [-0.25, -0.2) is 23.6 Å². The smallest absolute Gasteiger partial charge is 0.410 e. The third-order valence-electron chi connectivity index (χ3n) is 10.4. The van der Waals surface area contributed by atoms with Gasteiger partial charge in [-0.15, -0.1) is 0 Å². The Hall–Kier alpha value is -6.96. The summed E-state index contributed by atoms with van der Waals surface area (Å²) in [5.74, 6) is -3.18. The van der Waals surface area contributed by atoms with Crippen LogP contribution in [0.15, 0.2) is 77.7 Å². The molecule has 1 saturated heterocycles. The third kappa shape index (κ3) is 13.5. The van der Waals surface area contributed by atoms with Gasteiger partial charge in [0.15, 0.2) is 0 Å². The van der Waals surface area contributed by atoms with Crippen molar-refractivity contribution in [2.24, 2.45) is 5.73 Å². The Morgan fingerprint density at radius 3 is 2.14 bits per heavy atom. The fraction of sp³-hybridized carbons (Fsp3) is 0.386. The van der Waals surface area contributed by atoms with Gasteiger partial charge in [0, 0.05) is 64.6 Å². The summed E-state index contributed by atoms with van der Waals surface area (Å²) in [5, 5.41) is 20.1. The van der Waals surface area contributed by atoms with Crippen LogP contribution < -0.4 is 37.3 Å². The van der Waals surface area contributed by atoms with Crippen LogP contribution in [0.1, 0.15) is 41.3 Å². The van der Waals surface area contributed by atoms with Gasteiger partial charge >= 0.3 is 24.2 Å².